The van der Waals surface area contributed by atoms with E-state index in [-0.39, 0.29) is 6.42 Å². The van der Waals surface area contributed by atoms with Gasteiger partial charge >= 0.3 is 5.97 Å². The predicted molar refractivity (Wildman–Crippen MR) is 90.5 cm³/mol. The molecule has 1 aliphatic rings. The number of nitrogens with two attached hydrogens (primary N) is 1. The molecule has 0 aromatic heterocycles. The lowest BCUT2D eigenvalue weighted by Crippen LogP contribution is -2.42. The van der Waals surface area contributed by atoms with Gasteiger partial charge in [0.15, 0.2) is 0 Å². The molecule has 0 amide bonds. The summed E-state index contributed by atoms with van der Waals surface area (Å²) in [4.78, 5) is 11.1. The molecule has 25 heavy (non-hydrogen) atoms. The summed E-state index contributed by atoms with van der Waals surface area (Å²) in [5.74, 6) is -6.17. The van der Waals surface area contributed by atoms with Crippen molar-refractivity contribution in [3.63, 3.8) is 0 Å². The second-order valence-corrected chi connectivity index (χ2v) is 6.41. The van der Waals surface area contributed by atoms with Crippen molar-refractivity contribution >= 4 is 16.7 Å². The fourth-order valence-electron chi connectivity index (χ4n) is 3.61. The maximum atomic E-state index is 13.8. The van der Waals surface area contributed by atoms with Crippen molar-refractivity contribution in [2.75, 3.05) is 0 Å². The lowest BCUT2D eigenvalue weighted by molar-refractivity contribution is -0.137. The number of fused-ring (bicyclic) bond motifs is 1. The van der Waals surface area contributed by atoms with Gasteiger partial charge in [-0.05, 0) is 22.4 Å². The number of aliphatic carboxylic acids is 1. The van der Waals surface area contributed by atoms with Crippen LogP contribution >= 0.6 is 0 Å². The van der Waals surface area contributed by atoms with Crippen molar-refractivity contribution in [2.45, 2.75) is 30.4 Å². The van der Waals surface area contributed by atoms with Gasteiger partial charge in [-0.25, -0.2) is 0 Å². The lowest BCUT2D eigenvalue weighted by Gasteiger charge is -2.32. The molecule has 4 N–H and O–H groups in total. The molecule has 0 saturated heterocycles. The molecule has 4 nitrogen and oxygen atoms in total. The lowest BCUT2D eigenvalue weighted by atomic mass is 9.76. The molecule has 0 fully saturated rings. The third-order valence-corrected chi connectivity index (χ3v) is 4.77. The Kier molecular flexibility index (Phi) is 4.58. The van der Waals surface area contributed by atoms with E-state index in [0.29, 0.717) is 11.6 Å². The molecular weight excluding hydrogens is 328 g/mol. The molecule has 6 heteroatoms. The van der Waals surface area contributed by atoms with Crippen LogP contribution in [-0.2, 0) is 4.79 Å². The van der Waals surface area contributed by atoms with Crippen LogP contribution in [0.2, 0.25) is 0 Å². The summed E-state index contributed by atoms with van der Waals surface area (Å²) in [6.07, 6.45) is -0.389. The molecule has 4 atom stereocenters. The Balaban J connectivity index is 2.11. The zero-order valence-corrected chi connectivity index (χ0v) is 13.3. The van der Waals surface area contributed by atoms with Crippen LogP contribution in [0.3, 0.4) is 0 Å². The van der Waals surface area contributed by atoms with Gasteiger partial charge in [0, 0.05) is 17.9 Å². The van der Waals surface area contributed by atoms with Gasteiger partial charge < -0.3 is 15.9 Å². The van der Waals surface area contributed by atoms with Crippen LogP contribution in [0.1, 0.15) is 17.9 Å². The highest BCUT2D eigenvalue weighted by molar-refractivity contribution is 5.86. The summed E-state index contributed by atoms with van der Waals surface area (Å²) in [5.41, 5.74) is 6.77. The molecule has 0 aliphatic heterocycles. The first-order valence-corrected chi connectivity index (χ1v) is 8.01. The van der Waals surface area contributed by atoms with Crippen LogP contribution in [0, 0.1) is 5.92 Å². The van der Waals surface area contributed by atoms with Crippen LogP contribution in [0.5, 0.6) is 0 Å². The van der Waals surface area contributed by atoms with Crippen molar-refractivity contribution < 1.29 is 23.8 Å². The summed E-state index contributed by atoms with van der Waals surface area (Å²) in [6, 6.07) is 11.9. The Morgan fingerprint density at radius 1 is 1.20 bits per heavy atom. The SMILES string of the molecule is NC(CC(=O)O)C(c1cccc2ccccc12)[C@@H]1C=CC(F)(F)[C@H]1O. The Hall–Kier alpha value is -2.31. The van der Waals surface area contributed by atoms with E-state index in [4.69, 9.17) is 10.8 Å². The Morgan fingerprint density at radius 2 is 1.88 bits per heavy atom. The molecule has 2 unspecified atom stereocenters. The number of hydrogen-bond donors (Lipinski definition) is 3. The van der Waals surface area contributed by atoms with E-state index in [0.717, 1.165) is 10.8 Å². The number of aliphatic hydroxyl groups is 1. The number of alkyl halides is 2. The van der Waals surface area contributed by atoms with Gasteiger partial charge in [-0.2, -0.15) is 8.78 Å². The van der Waals surface area contributed by atoms with E-state index in [1.54, 1.807) is 12.1 Å². The van der Waals surface area contributed by atoms with Gasteiger partial charge in [0.2, 0.25) is 0 Å². The highest BCUT2D eigenvalue weighted by Crippen LogP contribution is 2.44. The first-order valence-electron chi connectivity index (χ1n) is 8.01. The smallest absolute Gasteiger partial charge is 0.304 e. The van der Waals surface area contributed by atoms with Crippen LogP contribution < -0.4 is 5.73 Å². The zero-order valence-electron chi connectivity index (χ0n) is 13.3. The monoisotopic (exact) mass is 347 g/mol. The van der Waals surface area contributed by atoms with Crippen molar-refractivity contribution in [3.8, 4) is 0 Å². The largest absolute Gasteiger partial charge is 0.481 e. The number of carbonyl (C=O) groups is 1. The minimum Gasteiger partial charge on any atom is -0.481 e. The summed E-state index contributed by atoms with van der Waals surface area (Å²) in [5, 5.41) is 20.9. The molecule has 2 aromatic carbocycles. The average molecular weight is 347 g/mol. The van der Waals surface area contributed by atoms with Gasteiger partial charge in [-0.15, -0.1) is 0 Å². The summed E-state index contributed by atoms with van der Waals surface area (Å²) < 4.78 is 27.6. The van der Waals surface area contributed by atoms with Gasteiger partial charge in [0.25, 0.3) is 5.92 Å². The topological polar surface area (TPSA) is 83.6 Å². The molecule has 2 aromatic rings. The van der Waals surface area contributed by atoms with Crippen LogP contribution in [0.4, 0.5) is 8.78 Å². The van der Waals surface area contributed by atoms with Crippen molar-refractivity contribution in [3.05, 3.63) is 60.2 Å². The number of carboxylic acids is 1. The molecule has 0 heterocycles. The number of aliphatic hydroxyl groups excluding tert-OH is 1. The fraction of sp³-hybridized carbons (Fsp3) is 0.316. The van der Waals surface area contributed by atoms with E-state index in [1.165, 1.54) is 6.08 Å². The standard InChI is InChI=1S/C19H19F2NO3/c20-19(21)9-8-14(18(19)25)17(15(22)10-16(23)24)13-7-3-5-11-4-1-2-6-12(11)13/h1-9,14-15,17-18,25H,10,22H2,(H,23,24)/t14-,15?,17?,18-/m0/s1. The molecule has 132 valence electrons. The zero-order chi connectivity index (χ0) is 18.2. The van der Waals surface area contributed by atoms with Crippen LogP contribution in [-0.4, -0.2) is 34.3 Å². The highest BCUT2D eigenvalue weighted by Gasteiger charge is 2.49. The molecule has 0 spiro atoms. The Morgan fingerprint density at radius 3 is 2.52 bits per heavy atom. The maximum Gasteiger partial charge on any atom is 0.304 e. The summed E-state index contributed by atoms with van der Waals surface area (Å²) >= 11 is 0. The van der Waals surface area contributed by atoms with Gasteiger partial charge in [0.1, 0.15) is 6.10 Å². The second kappa shape index (κ2) is 6.54. The van der Waals surface area contributed by atoms with Crippen molar-refractivity contribution in [1.82, 2.24) is 0 Å². The molecule has 0 saturated carbocycles. The number of hydrogen-bond acceptors (Lipinski definition) is 3. The number of benzene rings is 2. The van der Waals surface area contributed by atoms with Crippen LogP contribution in [0.15, 0.2) is 54.6 Å². The van der Waals surface area contributed by atoms with Gasteiger partial charge in [-0.1, -0.05) is 48.5 Å². The van der Waals surface area contributed by atoms with E-state index in [9.17, 15) is 18.7 Å². The van der Waals surface area contributed by atoms with E-state index >= 15 is 0 Å². The Bertz CT molecular complexity index is 816. The average Bonchev–Trinajstić information content (AvgIpc) is 2.82. The maximum absolute atomic E-state index is 13.8. The number of carboxylic acid groups (broad SMARTS) is 1. The van der Waals surface area contributed by atoms with E-state index in [1.807, 2.05) is 30.3 Å². The first kappa shape index (κ1) is 17.5. The molecule has 0 bridgehead atoms. The highest BCUT2D eigenvalue weighted by atomic mass is 19.3. The van der Waals surface area contributed by atoms with E-state index < -0.39 is 35.9 Å². The fourth-order valence-corrected chi connectivity index (χ4v) is 3.61. The molecular formula is C19H19F2NO3. The second-order valence-electron chi connectivity index (χ2n) is 6.41. The molecule has 3 rings (SSSR count). The predicted octanol–water partition coefficient (Wildman–Crippen LogP) is 2.91. The normalized spacial score (nSPS) is 24.3. The van der Waals surface area contributed by atoms with Crippen LogP contribution in [0.25, 0.3) is 10.8 Å². The Labute approximate surface area is 143 Å². The quantitative estimate of drug-likeness (QED) is 0.726. The van der Waals surface area contributed by atoms with Crippen molar-refractivity contribution in [2.24, 2.45) is 11.7 Å². The first-order chi connectivity index (χ1) is 11.8. The van der Waals surface area contributed by atoms with Crippen molar-refractivity contribution in [1.29, 1.82) is 0 Å². The number of rotatable bonds is 5. The number of halogens is 2. The van der Waals surface area contributed by atoms with Gasteiger partial charge in [-0.3, -0.25) is 4.79 Å². The minimum atomic E-state index is -3.35. The summed E-state index contributed by atoms with van der Waals surface area (Å²) in [7, 11) is 0. The van der Waals surface area contributed by atoms with E-state index in [2.05, 4.69) is 0 Å². The molecule has 1 aliphatic carbocycles. The van der Waals surface area contributed by atoms with Gasteiger partial charge in [0.05, 0.1) is 6.42 Å². The summed E-state index contributed by atoms with van der Waals surface area (Å²) in [6.45, 7) is 0. The third-order valence-electron chi connectivity index (χ3n) is 4.77. The third kappa shape index (κ3) is 3.27. The molecule has 0 radical (unpaired) electrons. The minimum absolute atomic E-state index is 0.378.